The molecule has 1 aliphatic heterocycles. The highest BCUT2D eigenvalue weighted by molar-refractivity contribution is 6.04. The molecular formula is C22H30N2O6. The number of nitrogens with zero attached hydrogens (tertiary/aromatic N) is 2. The highest BCUT2D eigenvalue weighted by Crippen LogP contribution is 2.37. The second-order valence-corrected chi connectivity index (χ2v) is 7.47. The Morgan fingerprint density at radius 2 is 1.63 bits per heavy atom. The van der Waals surface area contributed by atoms with E-state index in [9.17, 15) is 19.2 Å². The van der Waals surface area contributed by atoms with E-state index in [1.54, 1.807) is 7.05 Å². The molecule has 1 aliphatic rings. The summed E-state index contributed by atoms with van der Waals surface area (Å²) in [4.78, 5) is 54.2. The number of esters is 2. The van der Waals surface area contributed by atoms with Crippen LogP contribution in [0.5, 0.6) is 0 Å². The molecule has 0 unspecified atom stereocenters. The van der Waals surface area contributed by atoms with Crippen molar-refractivity contribution in [1.29, 1.82) is 0 Å². The van der Waals surface area contributed by atoms with Crippen LogP contribution in [-0.4, -0.2) is 61.0 Å². The molecule has 1 aromatic rings. The van der Waals surface area contributed by atoms with Gasteiger partial charge in [-0.2, -0.15) is 0 Å². The van der Waals surface area contributed by atoms with E-state index in [0.717, 1.165) is 26.2 Å². The van der Waals surface area contributed by atoms with E-state index in [0.29, 0.717) is 6.42 Å². The third-order valence-electron chi connectivity index (χ3n) is 5.73. The maximum Gasteiger partial charge on any atom is 0.327 e. The Bertz CT molecular complexity index is 765. The summed E-state index contributed by atoms with van der Waals surface area (Å²) in [6.07, 6.45) is 1.61. The van der Waals surface area contributed by atoms with E-state index in [4.69, 9.17) is 9.47 Å². The maximum absolute atomic E-state index is 13.7. The van der Waals surface area contributed by atoms with Crippen LogP contribution in [0, 0.1) is 11.8 Å². The van der Waals surface area contributed by atoms with E-state index in [2.05, 4.69) is 0 Å². The molecule has 0 spiro atoms. The van der Waals surface area contributed by atoms with E-state index < -0.39 is 41.8 Å². The standard InChI is InChI=1S/C22H30N2O6/c1-6-7-13-16(17(20(26)29-4)21(27)30-5)19(25)24-18(14(2)23(3)22(24)28)15-11-9-8-10-12-15/h8-12,14,16-18H,6-7,13H2,1-5H3/t14-,16+,18-/m0/s1. The molecule has 30 heavy (non-hydrogen) atoms. The Labute approximate surface area is 177 Å². The number of methoxy groups -OCH3 is 2. The van der Waals surface area contributed by atoms with E-state index in [1.165, 1.54) is 9.80 Å². The average Bonchev–Trinajstić information content (AvgIpc) is 2.99. The molecule has 3 atom stereocenters. The van der Waals surface area contributed by atoms with Crippen molar-refractivity contribution in [2.75, 3.05) is 21.3 Å². The summed E-state index contributed by atoms with van der Waals surface area (Å²) in [5.74, 6) is -4.75. The predicted octanol–water partition coefficient (Wildman–Crippen LogP) is 2.78. The average molecular weight is 418 g/mol. The zero-order valence-electron chi connectivity index (χ0n) is 18.2. The topological polar surface area (TPSA) is 93.2 Å². The van der Waals surface area contributed by atoms with Gasteiger partial charge in [-0.15, -0.1) is 0 Å². The van der Waals surface area contributed by atoms with Gasteiger partial charge in [0.2, 0.25) is 5.91 Å². The Kier molecular flexibility index (Phi) is 7.97. The maximum atomic E-state index is 13.7. The molecule has 8 heteroatoms. The van der Waals surface area contributed by atoms with Crippen LogP contribution in [-0.2, 0) is 23.9 Å². The van der Waals surface area contributed by atoms with Crippen LogP contribution in [0.3, 0.4) is 0 Å². The molecule has 0 aliphatic carbocycles. The number of likely N-dealkylation sites (N-methyl/N-ethyl adjacent to an activating group) is 1. The first-order chi connectivity index (χ1) is 14.3. The Hall–Kier alpha value is -2.90. The van der Waals surface area contributed by atoms with Crippen LogP contribution in [0.2, 0.25) is 0 Å². The van der Waals surface area contributed by atoms with Crippen molar-refractivity contribution in [3.05, 3.63) is 35.9 Å². The van der Waals surface area contributed by atoms with Crippen molar-refractivity contribution in [1.82, 2.24) is 9.80 Å². The Morgan fingerprint density at radius 3 is 2.13 bits per heavy atom. The molecule has 0 saturated carbocycles. The van der Waals surface area contributed by atoms with Crippen molar-refractivity contribution in [2.45, 2.75) is 45.2 Å². The number of unbranched alkanes of at least 4 members (excludes halogenated alkanes) is 1. The third-order valence-corrected chi connectivity index (χ3v) is 5.73. The van der Waals surface area contributed by atoms with Crippen LogP contribution >= 0.6 is 0 Å². The summed E-state index contributed by atoms with van der Waals surface area (Å²) in [6.45, 7) is 3.80. The number of benzene rings is 1. The zero-order valence-corrected chi connectivity index (χ0v) is 18.2. The van der Waals surface area contributed by atoms with Gasteiger partial charge in [-0.3, -0.25) is 19.3 Å². The van der Waals surface area contributed by atoms with Gasteiger partial charge in [-0.1, -0.05) is 50.1 Å². The number of imide groups is 1. The van der Waals surface area contributed by atoms with Gasteiger partial charge in [0, 0.05) is 7.05 Å². The smallest absolute Gasteiger partial charge is 0.327 e. The molecule has 0 bridgehead atoms. The van der Waals surface area contributed by atoms with E-state index >= 15 is 0 Å². The second kappa shape index (κ2) is 10.2. The molecule has 1 heterocycles. The van der Waals surface area contributed by atoms with Gasteiger partial charge >= 0.3 is 18.0 Å². The molecule has 3 amide bonds. The molecule has 8 nitrogen and oxygen atoms in total. The lowest BCUT2D eigenvalue weighted by Gasteiger charge is -2.30. The molecule has 1 fully saturated rings. The molecular weight excluding hydrogens is 388 g/mol. The number of hydrogen-bond donors (Lipinski definition) is 0. The fraction of sp³-hybridized carbons (Fsp3) is 0.545. The van der Waals surface area contributed by atoms with Gasteiger partial charge in [-0.05, 0) is 18.9 Å². The summed E-state index contributed by atoms with van der Waals surface area (Å²) < 4.78 is 9.57. The molecule has 1 aromatic carbocycles. The highest BCUT2D eigenvalue weighted by Gasteiger charge is 2.50. The zero-order chi connectivity index (χ0) is 22.4. The summed E-state index contributed by atoms with van der Waals surface area (Å²) in [5, 5.41) is 0. The minimum Gasteiger partial charge on any atom is -0.468 e. The highest BCUT2D eigenvalue weighted by atomic mass is 16.5. The predicted molar refractivity (Wildman–Crippen MR) is 109 cm³/mol. The SMILES string of the molecule is CCCC[C@@H](C(=O)N1C(=O)N(C)[C@@H](C)[C@H]1c1ccccc1)C(C(=O)OC)C(=O)OC. The minimum atomic E-state index is -1.43. The minimum absolute atomic E-state index is 0.258. The first kappa shape index (κ1) is 23.4. The van der Waals surface area contributed by atoms with Gasteiger partial charge in [0.1, 0.15) is 0 Å². The number of carbonyl (C=O) groups is 4. The largest absolute Gasteiger partial charge is 0.468 e. The lowest BCUT2D eigenvalue weighted by atomic mass is 9.85. The van der Waals surface area contributed by atoms with E-state index in [-0.39, 0.29) is 12.5 Å². The molecule has 0 radical (unpaired) electrons. The van der Waals surface area contributed by atoms with Crippen LogP contribution in [0.1, 0.15) is 44.7 Å². The number of carbonyl (C=O) groups excluding carboxylic acids is 4. The monoisotopic (exact) mass is 418 g/mol. The van der Waals surface area contributed by atoms with Crippen molar-refractivity contribution in [3.63, 3.8) is 0 Å². The summed E-state index contributed by atoms with van der Waals surface area (Å²) in [6, 6.07) is 7.98. The van der Waals surface area contributed by atoms with Crippen molar-refractivity contribution >= 4 is 23.9 Å². The van der Waals surface area contributed by atoms with Crippen LogP contribution < -0.4 is 0 Å². The fourth-order valence-electron chi connectivity index (χ4n) is 3.91. The van der Waals surface area contributed by atoms with Gasteiger partial charge in [-0.25, -0.2) is 4.79 Å². The number of hydrogen-bond acceptors (Lipinski definition) is 6. The van der Waals surface area contributed by atoms with Crippen molar-refractivity contribution in [2.24, 2.45) is 11.8 Å². The lowest BCUT2D eigenvalue weighted by Crippen LogP contribution is -2.46. The first-order valence-electron chi connectivity index (χ1n) is 10.1. The van der Waals surface area contributed by atoms with Crippen LogP contribution in [0.25, 0.3) is 0 Å². The third kappa shape index (κ3) is 4.47. The van der Waals surface area contributed by atoms with E-state index in [1.807, 2.05) is 44.2 Å². The van der Waals surface area contributed by atoms with Gasteiger partial charge in [0.25, 0.3) is 0 Å². The second-order valence-electron chi connectivity index (χ2n) is 7.47. The number of urea groups is 1. The van der Waals surface area contributed by atoms with Crippen LogP contribution in [0.4, 0.5) is 4.79 Å². The summed E-state index contributed by atoms with van der Waals surface area (Å²) in [5.41, 5.74) is 0.804. The molecule has 1 saturated heterocycles. The fourth-order valence-corrected chi connectivity index (χ4v) is 3.91. The molecule has 164 valence electrons. The van der Waals surface area contributed by atoms with Gasteiger partial charge < -0.3 is 14.4 Å². The molecule has 0 N–H and O–H groups in total. The Morgan fingerprint density at radius 1 is 1.07 bits per heavy atom. The molecule has 0 aromatic heterocycles. The normalized spacial score (nSPS) is 19.7. The number of ether oxygens (including phenoxy) is 2. The Balaban J connectivity index is 2.51. The number of amides is 3. The number of rotatable bonds is 8. The van der Waals surface area contributed by atoms with Gasteiger partial charge in [0.05, 0.1) is 32.2 Å². The van der Waals surface area contributed by atoms with Crippen molar-refractivity contribution in [3.8, 4) is 0 Å². The summed E-state index contributed by atoms with van der Waals surface area (Å²) in [7, 11) is 3.95. The first-order valence-corrected chi connectivity index (χ1v) is 10.1. The quantitative estimate of drug-likeness (QED) is 0.476. The van der Waals surface area contributed by atoms with Gasteiger partial charge in [0.15, 0.2) is 5.92 Å². The van der Waals surface area contributed by atoms with Crippen molar-refractivity contribution < 1.29 is 28.7 Å². The summed E-state index contributed by atoms with van der Waals surface area (Å²) >= 11 is 0. The molecule has 2 rings (SSSR count). The lowest BCUT2D eigenvalue weighted by molar-refractivity contribution is -0.165. The van der Waals surface area contributed by atoms with Crippen LogP contribution in [0.15, 0.2) is 30.3 Å².